The minimum atomic E-state index is -0.726. The molecular formula is C31H42N2O5. The average Bonchev–Trinajstić information content (AvgIpc) is 3.17. The number of hydrogen-bond donors (Lipinski definition) is 1. The van der Waals surface area contributed by atoms with E-state index in [9.17, 15) is 14.7 Å². The minimum Gasteiger partial charge on any atom is -0.507 e. The molecule has 0 bridgehead atoms. The van der Waals surface area contributed by atoms with Crippen molar-refractivity contribution < 1.29 is 24.2 Å². The second kappa shape index (κ2) is 14.0. The summed E-state index contributed by atoms with van der Waals surface area (Å²) in [4.78, 5) is 30.5. The number of rotatable bonds is 14. The molecule has 1 amide bonds. The number of ketones is 1. The zero-order valence-electron chi connectivity index (χ0n) is 23.4. The van der Waals surface area contributed by atoms with Gasteiger partial charge in [0.05, 0.1) is 24.8 Å². The number of amides is 1. The van der Waals surface area contributed by atoms with Crippen LogP contribution in [0.1, 0.15) is 64.6 Å². The van der Waals surface area contributed by atoms with Crippen molar-refractivity contribution in [3.05, 3.63) is 65.2 Å². The Hall–Kier alpha value is -3.32. The molecule has 1 aliphatic rings. The Bertz CT molecular complexity index is 1110. The second-order valence-electron chi connectivity index (χ2n) is 9.91. The number of carbonyl (C=O) groups is 2. The number of hydrogen-bond acceptors (Lipinski definition) is 6. The van der Waals surface area contributed by atoms with E-state index in [1.165, 1.54) is 0 Å². The lowest BCUT2D eigenvalue weighted by molar-refractivity contribution is -0.140. The Morgan fingerprint density at radius 2 is 1.71 bits per heavy atom. The van der Waals surface area contributed by atoms with Gasteiger partial charge in [-0.25, -0.2) is 0 Å². The van der Waals surface area contributed by atoms with Crippen molar-refractivity contribution in [2.45, 2.75) is 53.5 Å². The Labute approximate surface area is 227 Å². The molecular weight excluding hydrogens is 480 g/mol. The van der Waals surface area contributed by atoms with E-state index in [1.807, 2.05) is 31.2 Å². The lowest BCUT2D eigenvalue weighted by atomic mass is 9.95. The summed E-state index contributed by atoms with van der Waals surface area (Å²) in [5, 5.41) is 11.3. The number of ether oxygens (including phenoxy) is 2. The van der Waals surface area contributed by atoms with Crippen molar-refractivity contribution in [1.29, 1.82) is 0 Å². The molecule has 206 valence electrons. The summed E-state index contributed by atoms with van der Waals surface area (Å²) < 4.78 is 11.9. The summed E-state index contributed by atoms with van der Waals surface area (Å²) in [7, 11) is 0. The number of benzene rings is 2. The van der Waals surface area contributed by atoms with Gasteiger partial charge in [0.2, 0.25) is 0 Å². The molecule has 0 radical (unpaired) electrons. The van der Waals surface area contributed by atoms with E-state index in [1.54, 1.807) is 29.2 Å². The molecule has 1 atom stereocenters. The SMILES string of the molecule is CCOc1cc(C2C(=C(O)c3ccccc3)C(=O)C(=O)N2CCCN(CC)CC)ccc1OCCC(C)C. The van der Waals surface area contributed by atoms with Crippen LogP contribution in [-0.4, -0.2) is 66.0 Å². The van der Waals surface area contributed by atoms with Crippen molar-refractivity contribution >= 4 is 17.4 Å². The predicted octanol–water partition coefficient (Wildman–Crippen LogP) is 5.66. The zero-order valence-corrected chi connectivity index (χ0v) is 23.4. The highest BCUT2D eigenvalue weighted by molar-refractivity contribution is 6.46. The lowest BCUT2D eigenvalue weighted by Gasteiger charge is -2.27. The quantitative estimate of drug-likeness (QED) is 0.196. The average molecular weight is 523 g/mol. The Balaban J connectivity index is 2.04. The van der Waals surface area contributed by atoms with Crippen LogP contribution in [0, 0.1) is 5.92 Å². The number of likely N-dealkylation sites (tertiary alicyclic amines) is 1. The molecule has 7 nitrogen and oxygen atoms in total. The molecule has 1 fully saturated rings. The number of Topliss-reactive ketones (excluding diaryl/α,β-unsaturated/α-hetero) is 1. The smallest absolute Gasteiger partial charge is 0.295 e. The highest BCUT2D eigenvalue weighted by atomic mass is 16.5. The van der Waals surface area contributed by atoms with E-state index in [2.05, 4.69) is 32.6 Å². The first-order chi connectivity index (χ1) is 18.3. The van der Waals surface area contributed by atoms with Crippen LogP contribution in [0.5, 0.6) is 11.5 Å². The Morgan fingerprint density at radius 3 is 2.34 bits per heavy atom. The minimum absolute atomic E-state index is 0.0972. The Morgan fingerprint density at radius 1 is 1.00 bits per heavy atom. The van der Waals surface area contributed by atoms with E-state index in [4.69, 9.17) is 9.47 Å². The summed E-state index contributed by atoms with van der Waals surface area (Å²) in [6, 6.07) is 13.7. The summed E-state index contributed by atoms with van der Waals surface area (Å²) in [5.74, 6) is 0.256. The van der Waals surface area contributed by atoms with Gasteiger partial charge in [-0.05, 0) is 63.0 Å². The molecule has 0 spiro atoms. The van der Waals surface area contributed by atoms with Crippen LogP contribution in [-0.2, 0) is 9.59 Å². The van der Waals surface area contributed by atoms with Crippen LogP contribution in [0.3, 0.4) is 0 Å². The van der Waals surface area contributed by atoms with E-state index < -0.39 is 17.7 Å². The summed E-state index contributed by atoms with van der Waals surface area (Å²) in [6.07, 6.45) is 1.63. The van der Waals surface area contributed by atoms with Crippen LogP contribution >= 0.6 is 0 Å². The number of aliphatic hydroxyl groups is 1. The van der Waals surface area contributed by atoms with Gasteiger partial charge in [-0.1, -0.05) is 64.1 Å². The van der Waals surface area contributed by atoms with Gasteiger partial charge in [-0.2, -0.15) is 0 Å². The summed E-state index contributed by atoms with van der Waals surface area (Å²) in [5.41, 5.74) is 1.29. The van der Waals surface area contributed by atoms with Crippen molar-refractivity contribution in [1.82, 2.24) is 9.80 Å². The van der Waals surface area contributed by atoms with Crippen molar-refractivity contribution in [3.8, 4) is 11.5 Å². The second-order valence-corrected chi connectivity index (χ2v) is 9.91. The molecule has 3 rings (SSSR count). The third-order valence-electron chi connectivity index (χ3n) is 6.89. The summed E-state index contributed by atoms with van der Waals surface area (Å²) >= 11 is 0. The maximum absolute atomic E-state index is 13.3. The fourth-order valence-corrected chi connectivity index (χ4v) is 4.70. The largest absolute Gasteiger partial charge is 0.507 e. The monoisotopic (exact) mass is 522 g/mol. The molecule has 1 aliphatic heterocycles. The molecule has 2 aromatic rings. The fraction of sp³-hybridized carbons (Fsp3) is 0.484. The lowest BCUT2D eigenvalue weighted by Crippen LogP contribution is -2.33. The molecule has 7 heteroatoms. The van der Waals surface area contributed by atoms with E-state index in [-0.39, 0.29) is 11.3 Å². The van der Waals surface area contributed by atoms with Crippen LogP contribution in [0.15, 0.2) is 54.1 Å². The van der Waals surface area contributed by atoms with Crippen molar-refractivity contribution in [2.24, 2.45) is 5.92 Å². The van der Waals surface area contributed by atoms with Crippen LogP contribution in [0.4, 0.5) is 0 Å². The van der Waals surface area contributed by atoms with Crippen LogP contribution in [0.25, 0.3) is 5.76 Å². The molecule has 38 heavy (non-hydrogen) atoms. The fourth-order valence-electron chi connectivity index (χ4n) is 4.70. The van der Waals surface area contributed by atoms with Gasteiger partial charge in [0.1, 0.15) is 5.76 Å². The first kappa shape index (κ1) is 29.2. The third-order valence-corrected chi connectivity index (χ3v) is 6.89. The molecule has 1 unspecified atom stereocenters. The van der Waals surface area contributed by atoms with E-state index in [0.717, 1.165) is 26.1 Å². The normalized spacial score (nSPS) is 17.0. The van der Waals surface area contributed by atoms with Gasteiger partial charge >= 0.3 is 0 Å². The van der Waals surface area contributed by atoms with Crippen molar-refractivity contribution in [2.75, 3.05) is 39.4 Å². The number of carbonyl (C=O) groups excluding carboxylic acids is 2. The maximum atomic E-state index is 13.3. The first-order valence-electron chi connectivity index (χ1n) is 13.8. The molecule has 0 saturated carbocycles. The molecule has 1 saturated heterocycles. The molecule has 0 aliphatic carbocycles. The maximum Gasteiger partial charge on any atom is 0.295 e. The molecule has 0 aromatic heterocycles. The molecule has 1 N–H and O–H groups in total. The van der Waals surface area contributed by atoms with E-state index in [0.29, 0.717) is 54.7 Å². The van der Waals surface area contributed by atoms with Crippen LogP contribution < -0.4 is 9.47 Å². The topological polar surface area (TPSA) is 79.3 Å². The van der Waals surface area contributed by atoms with E-state index >= 15 is 0 Å². The first-order valence-corrected chi connectivity index (χ1v) is 13.8. The van der Waals surface area contributed by atoms with Gasteiger partial charge in [-0.3, -0.25) is 9.59 Å². The Kier molecular flexibility index (Phi) is 10.8. The molecule has 1 heterocycles. The number of nitrogens with zero attached hydrogens (tertiary/aromatic N) is 2. The van der Waals surface area contributed by atoms with Gasteiger partial charge in [0.25, 0.3) is 11.7 Å². The summed E-state index contributed by atoms with van der Waals surface area (Å²) in [6.45, 7) is 14.5. The van der Waals surface area contributed by atoms with Crippen molar-refractivity contribution in [3.63, 3.8) is 0 Å². The highest BCUT2D eigenvalue weighted by Gasteiger charge is 2.46. The van der Waals surface area contributed by atoms with Gasteiger partial charge in [-0.15, -0.1) is 0 Å². The van der Waals surface area contributed by atoms with Gasteiger partial charge in [0, 0.05) is 12.1 Å². The zero-order chi connectivity index (χ0) is 27.7. The van der Waals surface area contributed by atoms with Gasteiger partial charge in [0.15, 0.2) is 11.5 Å². The highest BCUT2D eigenvalue weighted by Crippen LogP contribution is 2.42. The third kappa shape index (κ3) is 6.95. The number of aliphatic hydroxyl groups excluding tert-OH is 1. The molecule has 2 aromatic carbocycles. The predicted molar refractivity (Wildman–Crippen MR) is 150 cm³/mol. The standard InChI is InChI=1S/C31H42N2O5/c1-6-32(7-2)18-12-19-33-28(27(30(35)31(33)36)29(34)23-13-10-9-11-14-23)24-15-16-25(26(21-24)37-8-3)38-20-17-22(4)5/h9-11,13-16,21-22,28,34H,6-8,12,17-20H2,1-5H3. The van der Waals surface area contributed by atoms with Gasteiger partial charge < -0.3 is 24.4 Å². The van der Waals surface area contributed by atoms with Crippen LogP contribution in [0.2, 0.25) is 0 Å².